The summed E-state index contributed by atoms with van der Waals surface area (Å²) in [6.07, 6.45) is 3.11. The van der Waals surface area contributed by atoms with Crippen LogP contribution in [0, 0.1) is 0 Å². The van der Waals surface area contributed by atoms with Crippen molar-refractivity contribution in [2.24, 2.45) is 0 Å². The Kier molecular flexibility index (Phi) is 4.94. The van der Waals surface area contributed by atoms with Gasteiger partial charge in [0.25, 0.3) is 0 Å². The minimum Gasteiger partial charge on any atom is -0.339 e. The first-order valence-electron chi connectivity index (χ1n) is 8.42. The van der Waals surface area contributed by atoms with E-state index in [1.54, 1.807) is 11.0 Å². The van der Waals surface area contributed by atoms with Crippen molar-refractivity contribution in [3.05, 3.63) is 29.3 Å². The molecule has 1 heterocycles. The summed E-state index contributed by atoms with van der Waals surface area (Å²) in [6.45, 7) is 1.99. The number of carbonyl (C=O) groups is 1. The van der Waals surface area contributed by atoms with Gasteiger partial charge in [0.1, 0.15) is 0 Å². The predicted octanol–water partition coefficient (Wildman–Crippen LogP) is 0.570. The van der Waals surface area contributed by atoms with Gasteiger partial charge in [0.05, 0.1) is 11.4 Å². The lowest BCUT2D eigenvalue weighted by molar-refractivity contribution is -0.133. The zero-order valence-electron chi connectivity index (χ0n) is 14.4. The van der Waals surface area contributed by atoms with Crippen LogP contribution in [0.5, 0.6) is 0 Å². The van der Waals surface area contributed by atoms with E-state index in [0.29, 0.717) is 37.6 Å². The summed E-state index contributed by atoms with van der Waals surface area (Å²) in [6, 6.07) is 5.51. The SMILES string of the molecule is CN(C)CC(=O)N1CCN(S(=O)(=O)c2ccc3c(c2)CCC3)CC1. The van der Waals surface area contributed by atoms with Crippen LogP contribution in [-0.4, -0.2) is 75.2 Å². The fourth-order valence-electron chi connectivity index (χ4n) is 3.41. The van der Waals surface area contributed by atoms with Crippen LogP contribution in [-0.2, 0) is 27.7 Å². The van der Waals surface area contributed by atoms with Gasteiger partial charge in [-0.25, -0.2) is 8.42 Å². The molecule has 1 saturated heterocycles. The van der Waals surface area contributed by atoms with Gasteiger partial charge in [-0.2, -0.15) is 4.31 Å². The Bertz CT molecular complexity index is 723. The monoisotopic (exact) mass is 351 g/mol. The molecule has 3 rings (SSSR count). The predicted molar refractivity (Wildman–Crippen MR) is 92.4 cm³/mol. The second-order valence-corrected chi connectivity index (χ2v) is 8.74. The zero-order chi connectivity index (χ0) is 17.3. The Hall–Kier alpha value is -1.44. The third-order valence-electron chi connectivity index (χ3n) is 4.75. The van der Waals surface area contributed by atoms with Crippen LogP contribution in [0.25, 0.3) is 0 Å². The van der Waals surface area contributed by atoms with Crippen LogP contribution in [0.2, 0.25) is 0 Å². The quantitative estimate of drug-likeness (QED) is 0.796. The summed E-state index contributed by atoms with van der Waals surface area (Å²) >= 11 is 0. The lowest BCUT2D eigenvalue weighted by Crippen LogP contribution is -2.52. The van der Waals surface area contributed by atoms with E-state index in [0.717, 1.165) is 24.8 Å². The van der Waals surface area contributed by atoms with E-state index in [9.17, 15) is 13.2 Å². The standard InChI is InChI=1S/C17H25N3O3S/c1-18(2)13-17(21)19-8-10-20(11-9-19)24(22,23)16-7-6-14-4-3-5-15(14)12-16/h6-7,12H,3-5,8-11,13H2,1-2H3. The van der Waals surface area contributed by atoms with Crippen molar-refractivity contribution in [1.82, 2.24) is 14.1 Å². The minimum atomic E-state index is -3.47. The van der Waals surface area contributed by atoms with E-state index in [1.807, 2.05) is 31.1 Å². The molecule has 7 heteroatoms. The van der Waals surface area contributed by atoms with Crippen molar-refractivity contribution >= 4 is 15.9 Å². The van der Waals surface area contributed by atoms with E-state index in [4.69, 9.17) is 0 Å². The fraction of sp³-hybridized carbons (Fsp3) is 0.588. The largest absolute Gasteiger partial charge is 0.339 e. The Morgan fingerprint density at radius 2 is 1.75 bits per heavy atom. The van der Waals surface area contributed by atoms with E-state index < -0.39 is 10.0 Å². The summed E-state index contributed by atoms with van der Waals surface area (Å²) in [7, 11) is 0.236. The summed E-state index contributed by atoms with van der Waals surface area (Å²) in [5.41, 5.74) is 2.43. The maximum absolute atomic E-state index is 12.9. The summed E-state index contributed by atoms with van der Waals surface area (Å²) < 4.78 is 27.2. The van der Waals surface area contributed by atoms with Gasteiger partial charge in [-0.05, 0) is 56.6 Å². The maximum Gasteiger partial charge on any atom is 0.243 e. The zero-order valence-corrected chi connectivity index (χ0v) is 15.2. The van der Waals surface area contributed by atoms with Crippen LogP contribution in [0.3, 0.4) is 0 Å². The van der Waals surface area contributed by atoms with Crippen LogP contribution in [0.15, 0.2) is 23.1 Å². The molecule has 0 aromatic heterocycles. The lowest BCUT2D eigenvalue weighted by Gasteiger charge is -2.34. The number of carbonyl (C=O) groups excluding carboxylic acids is 1. The molecule has 0 atom stereocenters. The average molecular weight is 351 g/mol. The van der Waals surface area contributed by atoms with Gasteiger partial charge < -0.3 is 9.80 Å². The Labute approximate surface area is 144 Å². The molecule has 0 N–H and O–H groups in total. The van der Waals surface area contributed by atoms with Crippen molar-refractivity contribution in [3.8, 4) is 0 Å². The normalized spacial score (nSPS) is 18.9. The third-order valence-corrected chi connectivity index (χ3v) is 6.65. The smallest absolute Gasteiger partial charge is 0.243 e. The number of sulfonamides is 1. The molecule has 24 heavy (non-hydrogen) atoms. The Balaban J connectivity index is 1.68. The molecule has 0 radical (unpaired) electrons. The Morgan fingerprint density at radius 1 is 1.08 bits per heavy atom. The number of benzene rings is 1. The number of fused-ring (bicyclic) bond motifs is 1. The minimum absolute atomic E-state index is 0.0505. The molecule has 2 aliphatic rings. The van der Waals surface area contributed by atoms with Gasteiger partial charge in [0.15, 0.2) is 0 Å². The highest BCUT2D eigenvalue weighted by Crippen LogP contribution is 2.26. The summed E-state index contributed by atoms with van der Waals surface area (Å²) in [5, 5.41) is 0. The van der Waals surface area contributed by atoms with Crippen molar-refractivity contribution in [3.63, 3.8) is 0 Å². The average Bonchev–Trinajstić information content (AvgIpc) is 3.02. The molecule has 1 aromatic rings. The first kappa shape index (κ1) is 17.4. The second kappa shape index (κ2) is 6.82. The van der Waals surface area contributed by atoms with Crippen LogP contribution < -0.4 is 0 Å². The van der Waals surface area contributed by atoms with E-state index in [2.05, 4.69) is 0 Å². The van der Waals surface area contributed by atoms with Crippen molar-refractivity contribution in [1.29, 1.82) is 0 Å². The van der Waals surface area contributed by atoms with Gasteiger partial charge in [-0.3, -0.25) is 4.79 Å². The van der Waals surface area contributed by atoms with Gasteiger partial charge >= 0.3 is 0 Å². The van der Waals surface area contributed by atoms with Gasteiger partial charge in [-0.1, -0.05) is 6.07 Å². The number of piperazine rings is 1. The third kappa shape index (κ3) is 3.48. The van der Waals surface area contributed by atoms with Crippen LogP contribution in [0.1, 0.15) is 17.5 Å². The molecule has 0 spiro atoms. The number of hydrogen-bond acceptors (Lipinski definition) is 4. The maximum atomic E-state index is 12.9. The van der Waals surface area contributed by atoms with Crippen molar-refractivity contribution in [2.45, 2.75) is 24.2 Å². The highest BCUT2D eigenvalue weighted by atomic mass is 32.2. The first-order chi connectivity index (χ1) is 11.4. The molecular weight excluding hydrogens is 326 g/mol. The van der Waals surface area contributed by atoms with E-state index >= 15 is 0 Å². The second-order valence-electron chi connectivity index (χ2n) is 6.81. The lowest BCUT2D eigenvalue weighted by atomic mass is 10.1. The fourth-order valence-corrected chi connectivity index (χ4v) is 4.88. The molecule has 1 aromatic carbocycles. The van der Waals surface area contributed by atoms with Crippen molar-refractivity contribution in [2.75, 3.05) is 46.8 Å². The van der Waals surface area contributed by atoms with Gasteiger partial charge in [0.2, 0.25) is 15.9 Å². The number of amides is 1. The molecule has 0 bridgehead atoms. The number of nitrogens with zero attached hydrogens (tertiary/aromatic N) is 3. The van der Waals surface area contributed by atoms with Crippen LogP contribution in [0.4, 0.5) is 0 Å². The Morgan fingerprint density at radius 3 is 2.42 bits per heavy atom. The van der Waals surface area contributed by atoms with E-state index in [1.165, 1.54) is 9.87 Å². The molecule has 1 amide bonds. The molecule has 1 aliphatic carbocycles. The topological polar surface area (TPSA) is 60.9 Å². The number of rotatable bonds is 4. The molecule has 0 unspecified atom stereocenters. The molecule has 1 aliphatic heterocycles. The number of likely N-dealkylation sites (N-methyl/N-ethyl adjacent to an activating group) is 1. The van der Waals surface area contributed by atoms with Gasteiger partial charge in [-0.15, -0.1) is 0 Å². The van der Waals surface area contributed by atoms with Crippen molar-refractivity contribution < 1.29 is 13.2 Å². The highest BCUT2D eigenvalue weighted by molar-refractivity contribution is 7.89. The number of aryl methyl sites for hydroxylation is 2. The summed E-state index contributed by atoms with van der Waals surface area (Å²) in [5.74, 6) is 0.0505. The highest BCUT2D eigenvalue weighted by Gasteiger charge is 2.30. The summed E-state index contributed by atoms with van der Waals surface area (Å²) in [4.78, 5) is 16.0. The number of hydrogen-bond donors (Lipinski definition) is 0. The first-order valence-corrected chi connectivity index (χ1v) is 9.86. The molecule has 0 saturated carbocycles. The molecule has 6 nitrogen and oxygen atoms in total. The van der Waals surface area contributed by atoms with Crippen LogP contribution >= 0.6 is 0 Å². The molecular formula is C17H25N3O3S. The van der Waals surface area contributed by atoms with E-state index in [-0.39, 0.29) is 5.91 Å². The molecule has 1 fully saturated rings. The molecule has 132 valence electrons. The van der Waals surface area contributed by atoms with Gasteiger partial charge in [0, 0.05) is 26.2 Å².